The molecule has 0 fully saturated rings. The second-order valence-electron chi connectivity index (χ2n) is 3.89. The number of rotatable bonds is 5. The molecule has 1 heterocycles. The molecule has 1 N–H and O–H groups in total. The van der Waals surface area contributed by atoms with E-state index in [1.807, 2.05) is 17.8 Å². The number of aryl methyl sites for hydroxylation is 1. The fourth-order valence-corrected chi connectivity index (χ4v) is 1.99. The Balaban J connectivity index is 2.92. The summed E-state index contributed by atoms with van der Waals surface area (Å²) < 4.78 is 1.91. The van der Waals surface area contributed by atoms with Crippen LogP contribution in [0.5, 0.6) is 0 Å². The van der Waals surface area contributed by atoms with E-state index in [-0.39, 0.29) is 0 Å². The second kappa shape index (κ2) is 4.60. The van der Waals surface area contributed by atoms with Gasteiger partial charge in [-0.05, 0) is 12.8 Å². The molecule has 0 bridgehead atoms. The zero-order valence-corrected chi connectivity index (χ0v) is 9.32. The maximum atomic E-state index is 10.5. The highest BCUT2D eigenvalue weighted by Gasteiger charge is 2.30. The fraction of sp³-hybridized carbons (Fsp3) is 0.727. The van der Waals surface area contributed by atoms with E-state index < -0.39 is 5.60 Å². The third kappa shape index (κ3) is 2.15. The molecule has 0 atom stereocenters. The van der Waals surface area contributed by atoms with Crippen molar-refractivity contribution in [1.82, 2.24) is 9.55 Å². The lowest BCUT2D eigenvalue weighted by Crippen LogP contribution is -2.29. The Hall–Kier alpha value is -0.830. The number of aromatic nitrogens is 2. The smallest absolute Gasteiger partial charge is 0.140 e. The van der Waals surface area contributed by atoms with Gasteiger partial charge in [0, 0.05) is 19.4 Å². The van der Waals surface area contributed by atoms with E-state index in [0.717, 1.165) is 31.5 Å². The maximum absolute atomic E-state index is 10.5. The van der Waals surface area contributed by atoms with Gasteiger partial charge >= 0.3 is 0 Å². The third-order valence-electron chi connectivity index (χ3n) is 2.56. The van der Waals surface area contributed by atoms with E-state index in [1.165, 1.54) is 0 Å². The van der Waals surface area contributed by atoms with Gasteiger partial charge in [-0.2, -0.15) is 0 Å². The largest absolute Gasteiger partial charge is 0.382 e. The van der Waals surface area contributed by atoms with Crippen LogP contribution >= 0.6 is 0 Å². The summed E-state index contributed by atoms with van der Waals surface area (Å²) in [6, 6.07) is 0. The molecule has 0 saturated carbocycles. The Labute approximate surface area is 85.8 Å². The van der Waals surface area contributed by atoms with Crippen molar-refractivity contribution >= 4 is 0 Å². The van der Waals surface area contributed by atoms with Crippen molar-refractivity contribution in [3.63, 3.8) is 0 Å². The van der Waals surface area contributed by atoms with Gasteiger partial charge in [-0.15, -0.1) is 0 Å². The summed E-state index contributed by atoms with van der Waals surface area (Å²) in [5, 5.41) is 10.5. The van der Waals surface area contributed by atoms with Crippen LogP contribution in [0.1, 0.15) is 45.4 Å². The van der Waals surface area contributed by atoms with Gasteiger partial charge in [0.05, 0.1) is 0 Å². The van der Waals surface area contributed by atoms with Crippen LogP contribution < -0.4 is 0 Å². The fourth-order valence-electron chi connectivity index (χ4n) is 1.99. The van der Waals surface area contributed by atoms with Gasteiger partial charge < -0.3 is 9.67 Å². The molecule has 0 aliphatic rings. The van der Waals surface area contributed by atoms with Gasteiger partial charge in [0.15, 0.2) is 0 Å². The molecule has 0 radical (unpaired) electrons. The second-order valence-corrected chi connectivity index (χ2v) is 3.89. The van der Waals surface area contributed by atoms with Crippen LogP contribution in [0.15, 0.2) is 12.4 Å². The predicted molar refractivity (Wildman–Crippen MR) is 56.9 cm³/mol. The molecule has 0 amide bonds. The van der Waals surface area contributed by atoms with Crippen molar-refractivity contribution in [2.45, 2.75) is 45.1 Å². The van der Waals surface area contributed by atoms with E-state index in [1.54, 1.807) is 6.20 Å². The molecule has 0 aliphatic carbocycles. The first kappa shape index (κ1) is 11.2. The molecular formula is C11H20N2O. The summed E-state index contributed by atoms with van der Waals surface area (Å²) in [5.41, 5.74) is -0.734. The van der Waals surface area contributed by atoms with Crippen LogP contribution in [-0.2, 0) is 12.6 Å². The standard InChI is InChI=1S/C11H20N2O/c1-4-6-11(14,7-5-2)10-12-8-9-13(10)3/h8-9,14H,4-7H2,1-3H3. The molecule has 0 aliphatic heterocycles. The molecule has 0 saturated heterocycles. The van der Waals surface area contributed by atoms with Crippen molar-refractivity contribution in [2.75, 3.05) is 0 Å². The molecule has 3 heteroatoms. The molecule has 1 rings (SSSR count). The Kier molecular flexibility index (Phi) is 3.69. The van der Waals surface area contributed by atoms with Crippen molar-refractivity contribution in [3.8, 4) is 0 Å². The number of hydrogen-bond donors (Lipinski definition) is 1. The number of aliphatic hydroxyl groups is 1. The SMILES string of the molecule is CCCC(O)(CCC)c1nccn1C. The third-order valence-corrected chi connectivity index (χ3v) is 2.56. The summed E-state index contributed by atoms with van der Waals surface area (Å²) in [7, 11) is 1.93. The van der Waals surface area contributed by atoms with E-state index >= 15 is 0 Å². The lowest BCUT2D eigenvalue weighted by Gasteiger charge is -2.26. The monoisotopic (exact) mass is 196 g/mol. The van der Waals surface area contributed by atoms with Crippen molar-refractivity contribution in [3.05, 3.63) is 18.2 Å². The van der Waals surface area contributed by atoms with E-state index in [9.17, 15) is 5.11 Å². The topological polar surface area (TPSA) is 38.1 Å². The Morgan fingerprint density at radius 1 is 1.36 bits per heavy atom. The highest BCUT2D eigenvalue weighted by molar-refractivity contribution is 5.04. The number of nitrogens with zero attached hydrogens (tertiary/aromatic N) is 2. The van der Waals surface area contributed by atoms with Gasteiger partial charge in [0.2, 0.25) is 0 Å². The van der Waals surface area contributed by atoms with Crippen molar-refractivity contribution in [2.24, 2.45) is 7.05 Å². The molecule has 1 aromatic rings. The van der Waals surface area contributed by atoms with Crippen LogP contribution in [-0.4, -0.2) is 14.7 Å². The summed E-state index contributed by atoms with van der Waals surface area (Å²) in [6.07, 6.45) is 7.14. The van der Waals surface area contributed by atoms with Crippen LogP contribution in [0, 0.1) is 0 Å². The van der Waals surface area contributed by atoms with Gasteiger partial charge in [0.25, 0.3) is 0 Å². The van der Waals surface area contributed by atoms with Gasteiger partial charge in [-0.1, -0.05) is 26.7 Å². The molecule has 80 valence electrons. The maximum Gasteiger partial charge on any atom is 0.140 e. The lowest BCUT2D eigenvalue weighted by atomic mass is 9.92. The lowest BCUT2D eigenvalue weighted by molar-refractivity contribution is 0.00574. The Morgan fingerprint density at radius 3 is 2.29 bits per heavy atom. The summed E-state index contributed by atoms with van der Waals surface area (Å²) >= 11 is 0. The van der Waals surface area contributed by atoms with Gasteiger partial charge in [-0.3, -0.25) is 0 Å². The molecule has 3 nitrogen and oxygen atoms in total. The zero-order chi connectivity index (χ0) is 10.6. The first-order valence-corrected chi connectivity index (χ1v) is 5.34. The summed E-state index contributed by atoms with van der Waals surface area (Å²) in [4.78, 5) is 4.24. The van der Waals surface area contributed by atoms with Crippen LogP contribution in [0.25, 0.3) is 0 Å². The van der Waals surface area contributed by atoms with E-state index in [4.69, 9.17) is 0 Å². The molecule has 1 aromatic heterocycles. The Morgan fingerprint density at radius 2 is 1.93 bits per heavy atom. The zero-order valence-electron chi connectivity index (χ0n) is 9.32. The molecule has 0 spiro atoms. The first-order valence-electron chi connectivity index (χ1n) is 5.34. The molecule has 0 unspecified atom stereocenters. The average molecular weight is 196 g/mol. The van der Waals surface area contributed by atoms with Gasteiger partial charge in [-0.25, -0.2) is 4.98 Å². The normalized spacial score (nSPS) is 12.0. The van der Waals surface area contributed by atoms with Crippen LogP contribution in [0.3, 0.4) is 0 Å². The highest BCUT2D eigenvalue weighted by Crippen LogP contribution is 2.29. The van der Waals surface area contributed by atoms with Crippen molar-refractivity contribution in [1.29, 1.82) is 0 Å². The minimum absolute atomic E-state index is 0.734. The Bertz CT molecular complexity index is 275. The van der Waals surface area contributed by atoms with Crippen LogP contribution in [0.2, 0.25) is 0 Å². The molecule has 14 heavy (non-hydrogen) atoms. The summed E-state index contributed by atoms with van der Waals surface area (Å²) in [6.45, 7) is 4.17. The van der Waals surface area contributed by atoms with E-state index in [0.29, 0.717) is 0 Å². The van der Waals surface area contributed by atoms with Crippen molar-refractivity contribution < 1.29 is 5.11 Å². The van der Waals surface area contributed by atoms with E-state index in [2.05, 4.69) is 18.8 Å². The first-order chi connectivity index (χ1) is 6.64. The quantitative estimate of drug-likeness (QED) is 0.784. The average Bonchev–Trinajstić information content (AvgIpc) is 2.52. The summed E-state index contributed by atoms with van der Waals surface area (Å²) in [5.74, 6) is 0.793. The van der Waals surface area contributed by atoms with Gasteiger partial charge in [0.1, 0.15) is 11.4 Å². The van der Waals surface area contributed by atoms with Crippen LogP contribution in [0.4, 0.5) is 0 Å². The number of imidazole rings is 1. The molecule has 0 aromatic carbocycles. The predicted octanol–water partition coefficient (Wildman–Crippen LogP) is 2.21. The molecular weight excluding hydrogens is 176 g/mol. The minimum atomic E-state index is -0.734. The highest BCUT2D eigenvalue weighted by atomic mass is 16.3. The number of hydrogen-bond acceptors (Lipinski definition) is 2. The minimum Gasteiger partial charge on any atom is -0.382 e.